The molecular formula is C13H14N2O3. The lowest BCUT2D eigenvalue weighted by atomic mass is 9.99. The Morgan fingerprint density at radius 2 is 2.17 bits per heavy atom. The summed E-state index contributed by atoms with van der Waals surface area (Å²) in [5, 5.41) is 12.2. The molecule has 0 atom stereocenters. The molecule has 0 spiro atoms. The lowest BCUT2D eigenvalue weighted by Gasteiger charge is -2.22. The van der Waals surface area contributed by atoms with Crippen molar-refractivity contribution in [2.75, 3.05) is 0 Å². The zero-order chi connectivity index (χ0) is 12.7. The number of hydrogen-bond acceptors (Lipinski definition) is 3. The monoisotopic (exact) mass is 246 g/mol. The molecule has 5 heteroatoms. The highest BCUT2D eigenvalue weighted by atomic mass is 16.5. The topological polar surface area (TPSA) is 64.1 Å². The third-order valence-corrected chi connectivity index (χ3v) is 3.51. The summed E-state index contributed by atoms with van der Waals surface area (Å²) >= 11 is 0. The zero-order valence-electron chi connectivity index (χ0n) is 10.2. The van der Waals surface area contributed by atoms with E-state index in [-0.39, 0.29) is 0 Å². The SMILES string of the molecule is Cc1c(-c2ccco2)[n+](=O)c2c(n1[O-])CCCC2. The van der Waals surface area contributed by atoms with Crippen LogP contribution in [0.4, 0.5) is 0 Å². The van der Waals surface area contributed by atoms with Crippen LogP contribution >= 0.6 is 0 Å². The molecule has 0 unspecified atom stereocenters. The molecule has 0 aliphatic heterocycles. The van der Waals surface area contributed by atoms with E-state index in [4.69, 9.17) is 4.42 Å². The summed E-state index contributed by atoms with van der Waals surface area (Å²) in [6, 6.07) is 3.41. The van der Waals surface area contributed by atoms with Crippen LogP contribution in [0.3, 0.4) is 0 Å². The summed E-state index contributed by atoms with van der Waals surface area (Å²) in [5.41, 5.74) is 1.94. The van der Waals surface area contributed by atoms with Crippen molar-refractivity contribution in [3.63, 3.8) is 0 Å². The van der Waals surface area contributed by atoms with Crippen LogP contribution in [0.2, 0.25) is 0 Å². The van der Waals surface area contributed by atoms with Gasteiger partial charge >= 0.3 is 5.69 Å². The Kier molecular flexibility index (Phi) is 2.47. The second-order valence-corrected chi connectivity index (χ2v) is 4.60. The normalized spacial score (nSPS) is 14.5. The molecule has 0 bridgehead atoms. The first kappa shape index (κ1) is 11.1. The predicted molar refractivity (Wildman–Crippen MR) is 65.6 cm³/mol. The molecule has 18 heavy (non-hydrogen) atoms. The van der Waals surface area contributed by atoms with E-state index in [1.165, 1.54) is 6.26 Å². The molecule has 1 aliphatic rings. The summed E-state index contributed by atoms with van der Waals surface area (Å²) in [4.78, 5) is 12.4. The molecule has 2 aromatic heterocycles. The highest BCUT2D eigenvalue weighted by molar-refractivity contribution is 5.52. The molecule has 0 amide bonds. The van der Waals surface area contributed by atoms with Crippen LogP contribution < -0.4 is 4.43 Å². The Labute approximate surface area is 104 Å². The van der Waals surface area contributed by atoms with Gasteiger partial charge in [0.2, 0.25) is 5.76 Å². The molecule has 0 saturated carbocycles. The summed E-state index contributed by atoms with van der Waals surface area (Å²) in [6.07, 6.45) is 4.77. The van der Waals surface area contributed by atoms with E-state index >= 15 is 0 Å². The van der Waals surface area contributed by atoms with E-state index < -0.39 is 0 Å². The Morgan fingerprint density at radius 1 is 1.39 bits per heavy atom. The zero-order valence-corrected chi connectivity index (χ0v) is 10.2. The van der Waals surface area contributed by atoms with Gasteiger partial charge in [0.25, 0.3) is 5.69 Å². The minimum atomic E-state index is 0.329. The van der Waals surface area contributed by atoms with Crippen molar-refractivity contribution >= 4 is 0 Å². The second-order valence-electron chi connectivity index (χ2n) is 4.60. The van der Waals surface area contributed by atoms with Gasteiger partial charge in [-0.3, -0.25) is 0 Å². The fraction of sp³-hybridized carbons (Fsp3) is 0.385. The van der Waals surface area contributed by atoms with Crippen molar-refractivity contribution in [3.8, 4) is 11.5 Å². The first-order chi connectivity index (χ1) is 8.70. The van der Waals surface area contributed by atoms with Gasteiger partial charge in [-0.25, -0.2) is 0 Å². The maximum atomic E-state index is 12.4. The minimum Gasteiger partial charge on any atom is -0.805 e. The molecule has 3 rings (SSSR count). The van der Waals surface area contributed by atoms with Gasteiger partial charge in [-0.2, -0.15) is 0 Å². The number of furan rings is 1. The van der Waals surface area contributed by atoms with E-state index in [0.29, 0.717) is 41.4 Å². The van der Waals surface area contributed by atoms with Crippen LogP contribution in [0.1, 0.15) is 29.9 Å². The number of rotatable bonds is 1. The molecule has 0 fully saturated rings. The maximum absolute atomic E-state index is 12.4. The van der Waals surface area contributed by atoms with E-state index in [1.807, 2.05) is 0 Å². The molecule has 0 radical (unpaired) electrons. The smallest absolute Gasteiger partial charge is 0.323 e. The molecule has 2 aromatic rings. The number of fused-ring (bicyclic) bond motifs is 1. The van der Waals surface area contributed by atoms with Crippen LogP contribution in [0, 0.1) is 17.0 Å². The van der Waals surface area contributed by atoms with Crippen molar-refractivity contribution in [1.82, 2.24) is 4.73 Å². The molecule has 0 N–H and O–H groups in total. The first-order valence-corrected chi connectivity index (χ1v) is 6.11. The fourth-order valence-corrected chi connectivity index (χ4v) is 2.58. The van der Waals surface area contributed by atoms with Gasteiger partial charge in [0.15, 0.2) is 0 Å². The minimum absolute atomic E-state index is 0.329. The standard InChI is InChI=1S/C13H14N2O3/c1-9-13(12-7-4-8-18-12)15(17)11-6-3-2-5-10(11)14(9)16/h4,7-8H,2-3,5-6H2,1H3. The van der Waals surface area contributed by atoms with E-state index in [0.717, 1.165) is 22.0 Å². The largest absolute Gasteiger partial charge is 0.805 e. The van der Waals surface area contributed by atoms with Crippen molar-refractivity contribution in [2.45, 2.75) is 32.6 Å². The van der Waals surface area contributed by atoms with Gasteiger partial charge in [-0.1, -0.05) is 0 Å². The lowest BCUT2D eigenvalue weighted by molar-refractivity contribution is -0.495. The summed E-state index contributed by atoms with van der Waals surface area (Å²) in [7, 11) is 0. The third-order valence-electron chi connectivity index (χ3n) is 3.51. The average molecular weight is 246 g/mol. The summed E-state index contributed by atoms with van der Waals surface area (Å²) in [6.45, 7) is 1.66. The van der Waals surface area contributed by atoms with E-state index in [2.05, 4.69) is 0 Å². The van der Waals surface area contributed by atoms with Crippen LogP contribution in [-0.4, -0.2) is 4.73 Å². The van der Waals surface area contributed by atoms with Gasteiger partial charge in [0, 0.05) is 11.3 Å². The Hall–Kier alpha value is -2.04. The summed E-state index contributed by atoms with van der Waals surface area (Å²) < 4.78 is 7.02. The fourth-order valence-electron chi connectivity index (χ4n) is 2.58. The van der Waals surface area contributed by atoms with Gasteiger partial charge in [-0.05, 0) is 38.3 Å². The number of aromatic nitrogens is 2. The molecule has 94 valence electrons. The van der Waals surface area contributed by atoms with Crippen molar-refractivity contribution in [1.29, 1.82) is 0 Å². The quantitative estimate of drug-likeness (QED) is 0.724. The lowest BCUT2D eigenvalue weighted by Crippen LogP contribution is -2.32. The van der Waals surface area contributed by atoms with Crippen molar-refractivity contribution in [3.05, 3.63) is 45.6 Å². The third kappa shape index (κ3) is 1.47. The summed E-state index contributed by atoms with van der Waals surface area (Å²) in [5.74, 6) is 0.445. The van der Waals surface area contributed by atoms with Gasteiger partial charge in [-0.15, -0.1) is 0 Å². The van der Waals surface area contributed by atoms with E-state index in [9.17, 15) is 10.1 Å². The molecule has 1 aliphatic carbocycles. The van der Waals surface area contributed by atoms with Crippen LogP contribution in [0.15, 0.2) is 22.8 Å². The molecule has 0 aromatic carbocycles. The van der Waals surface area contributed by atoms with Gasteiger partial charge in [0.05, 0.1) is 22.1 Å². The Bertz CT molecular complexity index is 641. The molecular weight excluding hydrogens is 232 g/mol. The van der Waals surface area contributed by atoms with Crippen LogP contribution in [-0.2, 0) is 12.8 Å². The highest BCUT2D eigenvalue weighted by Gasteiger charge is 2.29. The molecule has 2 heterocycles. The van der Waals surface area contributed by atoms with Crippen LogP contribution in [0.25, 0.3) is 11.5 Å². The van der Waals surface area contributed by atoms with Crippen molar-refractivity contribution in [2.24, 2.45) is 0 Å². The molecule has 5 nitrogen and oxygen atoms in total. The van der Waals surface area contributed by atoms with Gasteiger partial charge in [0.1, 0.15) is 0 Å². The molecule has 0 saturated heterocycles. The maximum Gasteiger partial charge on any atom is 0.323 e. The van der Waals surface area contributed by atoms with E-state index in [1.54, 1.807) is 19.1 Å². The average Bonchev–Trinajstić information content (AvgIpc) is 2.90. The Morgan fingerprint density at radius 3 is 2.89 bits per heavy atom. The van der Waals surface area contributed by atoms with Crippen LogP contribution in [0.5, 0.6) is 0 Å². The second kappa shape index (κ2) is 4.01. The highest BCUT2D eigenvalue weighted by Crippen LogP contribution is 2.25. The Balaban J connectivity index is 2.34. The number of nitrogens with zero attached hydrogens (tertiary/aromatic N) is 2. The van der Waals surface area contributed by atoms with Crippen molar-refractivity contribution < 1.29 is 8.84 Å². The van der Waals surface area contributed by atoms with Gasteiger partial charge < -0.3 is 14.4 Å². The first-order valence-electron chi connectivity index (χ1n) is 6.11. The number of hydrogen-bond donors (Lipinski definition) is 0. The predicted octanol–water partition coefficient (Wildman–Crippen LogP) is 2.20.